The third-order valence-corrected chi connectivity index (χ3v) is 7.20. The van der Waals surface area contributed by atoms with Gasteiger partial charge in [0.05, 0.1) is 21.2 Å². The summed E-state index contributed by atoms with van der Waals surface area (Å²) in [7, 11) is -3.71. The lowest BCUT2D eigenvalue weighted by Gasteiger charge is -2.11. The molecule has 8 nitrogen and oxygen atoms in total. The van der Waals surface area contributed by atoms with Gasteiger partial charge in [-0.3, -0.25) is 0 Å². The predicted molar refractivity (Wildman–Crippen MR) is 142 cm³/mol. The van der Waals surface area contributed by atoms with E-state index in [2.05, 4.69) is 34.4 Å². The number of thiazole rings is 1. The molecule has 0 spiro atoms. The highest BCUT2D eigenvalue weighted by Crippen LogP contribution is 2.33. The molecule has 0 aliphatic heterocycles. The molecule has 11 heteroatoms. The molecule has 4 aromatic rings. The first kappa shape index (κ1) is 25.1. The zero-order valence-electron chi connectivity index (χ0n) is 19.2. The second-order valence-electron chi connectivity index (χ2n) is 8.14. The number of hydrogen-bond donors (Lipinski definition) is 3. The van der Waals surface area contributed by atoms with Gasteiger partial charge in [0.2, 0.25) is 16.0 Å². The molecular weight excluding hydrogens is 504 g/mol. The van der Waals surface area contributed by atoms with E-state index in [0.29, 0.717) is 29.6 Å². The lowest BCUT2D eigenvalue weighted by molar-refractivity contribution is 0.598. The van der Waals surface area contributed by atoms with Crippen LogP contribution < -0.4 is 15.8 Å². The van der Waals surface area contributed by atoms with Gasteiger partial charge in [-0.05, 0) is 50.1 Å². The number of primary sulfonamides is 1. The Morgan fingerprint density at radius 3 is 2.46 bits per heavy atom. The first-order valence-corrected chi connectivity index (χ1v) is 13.7. The monoisotopic (exact) mass is 528 g/mol. The SMILES string of the molecule is CC(C)Nc1ncc(-c2cc(-c3ccccc3Cl)nc(NCCc3ccc(S(N)(=O)=O)cc3)n2)s1. The van der Waals surface area contributed by atoms with E-state index in [4.69, 9.17) is 21.7 Å². The Labute approximate surface area is 213 Å². The van der Waals surface area contributed by atoms with Crippen molar-refractivity contribution in [2.45, 2.75) is 31.2 Å². The van der Waals surface area contributed by atoms with Crippen LogP contribution in [0.5, 0.6) is 0 Å². The Hall–Kier alpha value is -3.05. The molecule has 0 atom stereocenters. The topological polar surface area (TPSA) is 123 Å². The Bertz CT molecular complexity index is 1420. The molecular formula is C24H25ClN6O2S2. The fraction of sp³-hybridized carbons (Fsp3) is 0.208. The summed E-state index contributed by atoms with van der Waals surface area (Å²) in [5, 5.41) is 13.2. The van der Waals surface area contributed by atoms with E-state index in [1.54, 1.807) is 18.3 Å². The van der Waals surface area contributed by atoms with Crippen molar-refractivity contribution in [1.82, 2.24) is 15.0 Å². The summed E-state index contributed by atoms with van der Waals surface area (Å²) in [6.45, 7) is 4.67. The van der Waals surface area contributed by atoms with Crippen molar-refractivity contribution in [3.8, 4) is 21.8 Å². The van der Waals surface area contributed by atoms with Crippen LogP contribution in [-0.2, 0) is 16.4 Å². The first-order chi connectivity index (χ1) is 16.7. The molecule has 35 heavy (non-hydrogen) atoms. The molecule has 0 aliphatic carbocycles. The molecule has 0 bridgehead atoms. The molecule has 0 amide bonds. The predicted octanol–water partition coefficient (Wildman–Crippen LogP) is 5.04. The smallest absolute Gasteiger partial charge is 0.238 e. The van der Waals surface area contributed by atoms with Crippen molar-refractivity contribution in [2.75, 3.05) is 17.2 Å². The van der Waals surface area contributed by atoms with Gasteiger partial charge in [-0.1, -0.05) is 53.3 Å². The summed E-state index contributed by atoms with van der Waals surface area (Å²) in [6, 6.07) is 16.2. The number of nitrogens with zero attached hydrogens (tertiary/aromatic N) is 3. The summed E-state index contributed by atoms with van der Waals surface area (Å²) >= 11 is 7.97. The minimum atomic E-state index is -3.71. The first-order valence-electron chi connectivity index (χ1n) is 10.9. The maximum Gasteiger partial charge on any atom is 0.238 e. The molecule has 0 aliphatic rings. The summed E-state index contributed by atoms with van der Waals surface area (Å²) in [6.07, 6.45) is 2.44. The quantitative estimate of drug-likeness (QED) is 0.278. The zero-order valence-corrected chi connectivity index (χ0v) is 21.6. The van der Waals surface area contributed by atoms with E-state index in [1.165, 1.54) is 23.5 Å². The van der Waals surface area contributed by atoms with Crippen LogP contribution in [0.25, 0.3) is 21.8 Å². The van der Waals surface area contributed by atoms with Crippen LogP contribution in [0.1, 0.15) is 19.4 Å². The molecule has 182 valence electrons. The van der Waals surface area contributed by atoms with Crippen molar-refractivity contribution in [1.29, 1.82) is 0 Å². The van der Waals surface area contributed by atoms with Crippen LogP contribution in [0.2, 0.25) is 5.02 Å². The third-order valence-electron chi connectivity index (χ3n) is 4.99. The fourth-order valence-electron chi connectivity index (χ4n) is 3.33. The molecule has 4 N–H and O–H groups in total. The molecule has 2 aromatic carbocycles. The number of halogens is 1. The van der Waals surface area contributed by atoms with Crippen molar-refractivity contribution in [3.05, 3.63) is 71.4 Å². The number of rotatable bonds is 9. The van der Waals surface area contributed by atoms with E-state index in [9.17, 15) is 8.42 Å². The average molecular weight is 529 g/mol. The number of aromatic nitrogens is 3. The second-order valence-corrected chi connectivity index (χ2v) is 11.1. The van der Waals surface area contributed by atoms with Gasteiger partial charge in [-0.2, -0.15) is 0 Å². The zero-order chi connectivity index (χ0) is 25.0. The van der Waals surface area contributed by atoms with E-state index in [0.717, 1.165) is 26.8 Å². The Morgan fingerprint density at radius 2 is 1.77 bits per heavy atom. The van der Waals surface area contributed by atoms with Gasteiger partial charge in [0, 0.05) is 29.4 Å². The summed E-state index contributed by atoms with van der Waals surface area (Å²) in [5.74, 6) is 0.463. The molecule has 2 heterocycles. The lowest BCUT2D eigenvalue weighted by atomic mass is 10.1. The van der Waals surface area contributed by atoms with Crippen LogP contribution in [0, 0.1) is 0 Å². The number of anilines is 2. The molecule has 2 aromatic heterocycles. The number of benzene rings is 2. The van der Waals surface area contributed by atoms with E-state index in [1.807, 2.05) is 30.3 Å². The van der Waals surface area contributed by atoms with Crippen LogP contribution in [0.15, 0.2) is 65.7 Å². The maximum atomic E-state index is 11.5. The highest BCUT2D eigenvalue weighted by molar-refractivity contribution is 7.89. The summed E-state index contributed by atoms with van der Waals surface area (Å²) < 4.78 is 22.9. The lowest BCUT2D eigenvalue weighted by Crippen LogP contribution is -2.12. The maximum absolute atomic E-state index is 11.5. The van der Waals surface area contributed by atoms with Crippen molar-refractivity contribution >= 4 is 44.0 Å². The average Bonchev–Trinajstić information content (AvgIpc) is 3.27. The Balaban J connectivity index is 1.58. The van der Waals surface area contributed by atoms with Gasteiger partial charge in [-0.25, -0.2) is 28.5 Å². The number of hydrogen-bond acceptors (Lipinski definition) is 8. The van der Waals surface area contributed by atoms with Crippen LogP contribution in [-0.4, -0.2) is 36.0 Å². The molecule has 4 rings (SSSR count). The van der Waals surface area contributed by atoms with Crippen molar-refractivity contribution in [3.63, 3.8) is 0 Å². The van der Waals surface area contributed by atoms with Crippen LogP contribution in [0.3, 0.4) is 0 Å². The summed E-state index contributed by atoms with van der Waals surface area (Å²) in [5.41, 5.74) is 3.21. The minimum Gasteiger partial charge on any atom is -0.359 e. The Morgan fingerprint density at radius 1 is 1.06 bits per heavy atom. The Kier molecular flexibility index (Phi) is 7.66. The minimum absolute atomic E-state index is 0.0884. The second kappa shape index (κ2) is 10.7. The third kappa shape index (κ3) is 6.55. The largest absolute Gasteiger partial charge is 0.359 e. The van der Waals surface area contributed by atoms with Gasteiger partial charge < -0.3 is 10.6 Å². The number of nitrogens with two attached hydrogens (primary N) is 1. The van der Waals surface area contributed by atoms with Gasteiger partial charge in [0.25, 0.3) is 0 Å². The van der Waals surface area contributed by atoms with Crippen molar-refractivity contribution < 1.29 is 8.42 Å². The van der Waals surface area contributed by atoms with Crippen LogP contribution >= 0.6 is 22.9 Å². The van der Waals surface area contributed by atoms with Gasteiger partial charge >= 0.3 is 0 Å². The molecule has 0 saturated carbocycles. The fourth-order valence-corrected chi connectivity index (χ4v) is 5.00. The molecule has 0 fully saturated rings. The molecule has 0 unspecified atom stereocenters. The van der Waals surface area contributed by atoms with Crippen molar-refractivity contribution in [2.24, 2.45) is 5.14 Å². The molecule has 0 radical (unpaired) electrons. The number of nitrogens with one attached hydrogen (secondary N) is 2. The van der Waals surface area contributed by atoms with E-state index >= 15 is 0 Å². The normalized spacial score (nSPS) is 11.6. The molecule has 0 saturated heterocycles. The van der Waals surface area contributed by atoms with Gasteiger partial charge in [0.15, 0.2) is 5.13 Å². The highest BCUT2D eigenvalue weighted by atomic mass is 35.5. The van der Waals surface area contributed by atoms with Gasteiger partial charge in [0.1, 0.15) is 0 Å². The van der Waals surface area contributed by atoms with Gasteiger partial charge in [-0.15, -0.1) is 0 Å². The standard InChI is InChI=1S/C24H25ClN6O2S2/c1-15(2)29-24-28-14-22(34-24)21-13-20(18-5-3-4-6-19(18)25)30-23(31-21)27-12-11-16-7-9-17(10-8-16)35(26,32)33/h3-10,13-15H,11-12H2,1-2H3,(H,28,29)(H2,26,32,33)(H,27,30,31). The highest BCUT2D eigenvalue weighted by Gasteiger charge is 2.14. The number of sulfonamides is 1. The van der Waals surface area contributed by atoms with E-state index < -0.39 is 10.0 Å². The van der Waals surface area contributed by atoms with E-state index in [-0.39, 0.29) is 10.9 Å². The van der Waals surface area contributed by atoms with Crippen LogP contribution in [0.4, 0.5) is 11.1 Å². The summed E-state index contributed by atoms with van der Waals surface area (Å²) in [4.78, 5) is 14.9.